The van der Waals surface area contributed by atoms with E-state index in [1.165, 1.54) is 18.4 Å². The average Bonchev–Trinajstić information content (AvgIpc) is 2.45. The van der Waals surface area contributed by atoms with E-state index in [2.05, 4.69) is 57.3 Å². The molecule has 1 N–H and O–H groups in total. The van der Waals surface area contributed by atoms with Crippen molar-refractivity contribution in [3.8, 4) is 5.75 Å². The molecule has 0 heterocycles. The van der Waals surface area contributed by atoms with Crippen molar-refractivity contribution >= 4 is 0 Å². The first-order valence-electron chi connectivity index (χ1n) is 8.07. The molecule has 0 bridgehead atoms. The number of rotatable bonds is 10. The van der Waals surface area contributed by atoms with Crippen molar-refractivity contribution < 1.29 is 4.74 Å². The largest absolute Gasteiger partial charge is 0.494 e. The monoisotopic (exact) mass is 277 g/mol. The predicted octanol–water partition coefficient (Wildman–Crippen LogP) is 4.60. The van der Waals surface area contributed by atoms with Gasteiger partial charge >= 0.3 is 0 Å². The number of hydrogen-bond donors (Lipinski definition) is 1. The molecule has 0 radical (unpaired) electrons. The Morgan fingerprint density at radius 1 is 1.05 bits per heavy atom. The third-order valence-corrected chi connectivity index (χ3v) is 3.63. The molecule has 1 aromatic carbocycles. The maximum atomic E-state index is 5.77. The maximum Gasteiger partial charge on any atom is 0.119 e. The van der Waals surface area contributed by atoms with Crippen molar-refractivity contribution in [2.24, 2.45) is 5.92 Å². The molecule has 0 aliphatic rings. The minimum absolute atomic E-state index is 0.635. The fourth-order valence-corrected chi connectivity index (χ4v) is 2.06. The summed E-state index contributed by atoms with van der Waals surface area (Å²) in [4.78, 5) is 0. The third-order valence-electron chi connectivity index (χ3n) is 3.63. The molecule has 0 spiro atoms. The van der Waals surface area contributed by atoms with Gasteiger partial charge in [-0.1, -0.05) is 39.8 Å². The van der Waals surface area contributed by atoms with E-state index in [1.54, 1.807) is 0 Å². The van der Waals surface area contributed by atoms with Gasteiger partial charge in [0.15, 0.2) is 0 Å². The Morgan fingerprint density at radius 3 is 2.35 bits per heavy atom. The topological polar surface area (TPSA) is 21.3 Å². The Balaban J connectivity index is 2.13. The Kier molecular flexibility index (Phi) is 8.36. The Morgan fingerprint density at radius 2 is 1.75 bits per heavy atom. The van der Waals surface area contributed by atoms with Crippen LogP contribution in [0.5, 0.6) is 5.75 Å². The molecule has 0 amide bonds. The second-order valence-corrected chi connectivity index (χ2v) is 6.03. The summed E-state index contributed by atoms with van der Waals surface area (Å²) < 4.78 is 5.77. The number of ether oxygens (including phenoxy) is 1. The summed E-state index contributed by atoms with van der Waals surface area (Å²) in [6.07, 6.45) is 3.47. The van der Waals surface area contributed by atoms with Gasteiger partial charge in [0.1, 0.15) is 5.75 Å². The zero-order valence-corrected chi connectivity index (χ0v) is 13.6. The van der Waals surface area contributed by atoms with Gasteiger partial charge in [-0.05, 0) is 61.9 Å². The summed E-state index contributed by atoms with van der Waals surface area (Å²) in [7, 11) is 0. The van der Waals surface area contributed by atoms with Gasteiger partial charge in [0.25, 0.3) is 0 Å². The second-order valence-electron chi connectivity index (χ2n) is 6.03. The molecule has 0 saturated heterocycles. The SMILES string of the molecule is CCC(C)c1ccc(OCCCCNCC(C)C)cc1. The standard InChI is InChI=1S/C18H31NO/c1-5-16(4)17-8-10-18(11-9-17)20-13-7-6-12-19-14-15(2)3/h8-11,15-16,19H,5-7,12-14H2,1-4H3. The van der Waals surface area contributed by atoms with Crippen molar-refractivity contribution in [3.63, 3.8) is 0 Å². The van der Waals surface area contributed by atoms with Gasteiger partial charge in [-0.3, -0.25) is 0 Å². The van der Waals surface area contributed by atoms with Gasteiger partial charge in [0.05, 0.1) is 6.61 Å². The molecule has 2 heteroatoms. The van der Waals surface area contributed by atoms with Crippen LogP contribution in [0.3, 0.4) is 0 Å². The molecule has 2 nitrogen and oxygen atoms in total. The molecule has 0 aromatic heterocycles. The average molecular weight is 277 g/mol. The van der Waals surface area contributed by atoms with Crippen LogP contribution >= 0.6 is 0 Å². The molecule has 0 aliphatic heterocycles. The van der Waals surface area contributed by atoms with Gasteiger partial charge in [-0.2, -0.15) is 0 Å². The molecule has 0 fully saturated rings. The predicted molar refractivity (Wildman–Crippen MR) is 87.6 cm³/mol. The van der Waals surface area contributed by atoms with Crippen LogP contribution in [-0.4, -0.2) is 19.7 Å². The highest BCUT2D eigenvalue weighted by atomic mass is 16.5. The second kappa shape index (κ2) is 9.82. The highest BCUT2D eigenvalue weighted by Crippen LogP contribution is 2.21. The Hall–Kier alpha value is -1.02. The van der Waals surface area contributed by atoms with Crippen molar-refractivity contribution in [2.45, 2.75) is 52.9 Å². The van der Waals surface area contributed by atoms with Gasteiger partial charge in [-0.15, -0.1) is 0 Å². The van der Waals surface area contributed by atoms with Crippen LogP contribution in [0, 0.1) is 5.92 Å². The van der Waals surface area contributed by atoms with E-state index in [4.69, 9.17) is 4.74 Å². The van der Waals surface area contributed by atoms with E-state index in [1.807, 2.05) is 0 Å². The van der Waals surface area contributed by atoms with Crippen LogP contribution in [0.2, 0.25) is 0 Å². The van der Waals surface area contributed by atoms with Crippen LogP contribution in [0.25, 0.3) is 0 Å². The fourth-order valence-electron chi connectivity index (χ4n) is 2.06. The molecule has 1 unspecified atom stereocenters. The van der Waals surface area contributed by atoms with E-state index in [-0.39, 0.29) is 0 Å². The van der Waals surface area contributed by atoms with E-state index in [0.717, 1.165) is 37.8 Å². The normalized spacial score (nSPS) is 12.7. The summed E-state index contributed by atoms with van der Waals surface area (Å²) in [5.41, 5.74) is 1.40. The highest BCUT2D eigenvalue weighted by Gasteiger charge is 2.02. The minimum Gasteiger partial charge on any atom is -0.494 e. The number of unbranched alkanes of at least 4 members (excludes halogenated alkanes) is 1. The quantitative estimate of drug-likeness (QED) is 0.631. The smallest absolute Gasteiger partial charge is 0.119 e. The molecular formula is C18H31NO. The summed E-state index contributed by atoms with van der Waals surface area (Å²) in [6.45, 7) is 12.0. The van der Waals surface area contributed by atoms with Crippen LogP contribution in [0.15, 0.2) is 24.3 Å². The number of hydrogen-bond acceptors (Lipinski definition) is 2. The van der Waals surface area contributed by atoms with E-state index in [0.29, 0.717) is 5.92 Å². The highest BCUT2D eigenvalue weighted by molar-refractivity contribution is 5.29. The lowest BCUT2D eigenvalue weighted by atomic mass is 9.99. The number of benzene rings is 1. The van der Waals surface area contributed by atoms with E-state index >= 15 is 0 Å². The van der Waals surface area contributed by atoms with E-state index < -0.39 is 0 Å². The summed E-state index contributed by atoms with van der Waals surface area (Å²) in [6, 6.07) is 8.57. The van der Waals surface area contributed by atoms with Crippen LogP contribution in [0.4, 0.5) is 0 Å². The van der Waals surface area contributed by atoms with Crippen molar-refractivity contribution in [3.05, 3.63) is 29.8 Å². The van der Waals surface area contributed by atoms with Crippen LogP contribution in [0.1, 0.15) is 58.4 Å². The minimum atomic E-state index is 0.635. The van der Waals surface area contributed by atoms with Crippen molar-refractivity contribution in [1.29, 1.82) is 0 Å². The molecule has 114 valence electrons. The molecule has 0 aliphatic carbocycles. The molecule has 1 aromatic rings. The Labute approximate surface area is 124 Å². The lowest BCUT2D eigenvalue weighted by molar-refractivity contribution is 0.305. The fraction of sp³-hybridized carbons (Fsp3) is 0.667. The Bertz CT molecular complexity index is 345. The van der Waals surface area contributed by atoms with Gasteiger partial charge in [0.2, 0.25) is 0 Å². The van der Waals surface area contributed by atoms with Gasteiger partial charge < -0.3 is 10.1 Å². The maximum absolute atomic E-state index is 5.77. The third kappa shape index (κ3) is 6.95. The van der Waals surface area contributed by atoms with Gasteiger partial charge in [0, 0.05) is 0 Å². The lowest BCUT2D eigenvalue weighted by Crippen LogP contribution is -2.21. The zero-order valence-electron chi connectivity index (χ0n) is 13.6. The summed E-state index contributed by atoms with van der Waals surface area (Å²) in [5, 5.41) is 3.45. The van der Waals surface area contributed by atoms with Gasteiger partial charge in [-0.25, -0.2) is 0 Å². The van der Waals surface area contributed by atoms with E-state index in [9.17, 15) is 0 Å². The molecule has 20 heavy (non-hydrogen) atoms. The van der Waals surface area contributed by atoms with Crippen LogP contribution in [-0.2, 0) is 0 Å². The first kappa shape index (κ1) is 17.0. The first-order valence-corrected chi connectivity index (χ1v) is 8.07. The van der Waals surface area contributed by atoms with Crippen molar-refractivity contribution in [1.82, 2.24) is 5.32 Å². The molecule has 0 saturated carbocycles. The molecular weight excluding hydrogens is 246 g/mol. The lowest BCUT2D eigenvalue weighted by Gasteiger charge is -2.11. The van der Waals surface area contributed by atoms with Crippen LogP contribution < -0.4 is 10.1 Å². The summed E-state index contributed by atoms with van der Waals surface area (Å²) in [5.74, 6) is 2.36. The first-order chi connectivity index (χ1) is 9.63. The number of nitrogens with one attached hydrogen (secondary N) is 1. The molecule has 1 atom stereocenters. The summed E-state index contributed by atoms with van der Waals surface area (Å²) >= 11 is 0. The van der Waals surface area contributed by atoms with Crippen molar-refractivity contribution in [2.75, 3.05) is 19.7 Å². The molecule has 1 rings (SSSR count). The zero-order chi connectivity index (χ0) is 14.8.